The molecule has 0 aliphatic heterocycles. The largest absolute Gasteiger partial charge is 0.491 e. The molecule has 2 amide bonds. The summed E-state index contributed by atoms with van der Waals surface area (Å²) in [6.07, 6.45) is 4.59. The first-order valence-corrected chi connectivity index (χ1v) is 9.14. The molecule has 0 saturated carbocycles. The van der Waals surface area contributed by atoms with Crippen molar-refractivity contribution in [3.8, 4) is 5.75 Å². The number of fused-ring (bicyclic) bond motifs is 1. The Kier molecular flexibility index (Phi) is 6.30. The summed E-state index contributed by atoms with van der Waals surface area (Å²) in [5.74, 6) is 0.471. The van der Waals surface area contributed by atoms with Gasteiger partial charge in [-0.05, 0) is 61.1 Å². The van der Waals surface area contributed by atoms with Gasteiger partial charge in [-0.3, -0.25) is 0 Å². The number of ether oxygens (including phenoxy) is 2. The second-order valence-electron chi connectivity index (χ2n) is 6.40. The molecule has 0 aromatic heterocycles. The van der Waals surface area contributed by atoms with Crippen LogP contribution in [0.25, 0.3) is 0 Å². The zero-order valence-electron chi connectivity index (χ0n) is 15.4. The molecule has 0 spiro atoms. The zero-order valence-corrected chi connectivity index (χ0v) is 15.4. The summed E-state index contributed by atoms with van der Waals surface area (Å²) in [7, 11) is 1.32. The molecular weight excluding hydrogens is 344 g/mol. The molecule has 6 nitrogen and oxygen atoms in total. The number of carbonyl (C=O) groups is 2. The van der Waals surface area contributed by atoms with Gasteiger partial charge < -0.3 is 20.1 Å². The number of amides is 2. The number of hydrogen-bond acceptors (Lipinski definition) is 4. The van der Waals surface area contributed by atoms with Gasteiger partial charge in [-0.1, -0.05) is 18.2 Å². The van der Waals surface area contributed by atoms with Gasteiger partial charge in [0.15, 0.2) is 0 Å². The van der Waals surface area contributed by atoms with E-state index >= 15 is 0 Å². The number of urea groups is 1. The molecular formula is C21H24N2O4. The summed E-state index contributed by atoms with van der Waals surface area (Å²) >= 11 is 0. The van der Waals surface area contributed by atoms with E-state index < -0.39 is 5.97 Å². The molecule has 1 aliphatic carbocycles. The van der Waals surface area contributed by atoms with Crippen LogP contribution in [0.4, 0.5) is 10.5 Å². The van der Waals surface area contributed by atoms with Crippen molar-refractivity contribution < 1.29 is 19.1 Å². The van der Waals surface area contributed by atoms with Gasteiger partial charge in [-0.15, -0.1) is 0 Å². The van der Waals surface area contributed by atoms with E-state index in [-0.39, 0.29) is 6.03 Å². The van der Waals surface area contributed by atoms with Crippen LogP contribution >= 0.6 is 0 Å². The second kappa shape index (κ2) is 9.07. The van der Waals surface area contributed by atoms with Crippen LogP contribution in [0.15, 0.2) is 42.5 Å². The van der Waals surface area contributed by atoms with E-state index in [2.05, 4.69) is 21.4 Å². The Balaban J connectivity index is 1.46. The topological polar surface area (TPSA) is 76.7 Å². The average Bonchev–Trinajstić information content (AvgIpc) is 2.71. The predicted octanol–water partition coefficient (Wildman–Crippen LogP) is 3.55. The number of methoxy groups -OCH3 is 1. The second-order valence-corrected chi connectivity index (χ2v) is 6.40. The van der Waals surface area contributed by atoms with Crippen LogP contribution in [0.3, 0.4) is 0 Å². The monoisotopic (exact) mass is 368 g/mol. The molecule has 0 radical (unpaired) electrons. The minimum absolute atomic E-state index is 0.351. The first-order chi connectivity index (χ1) is 13.2. The van der Waals surface area contributed by atoms with Crippen molar-refractivity contribution in [1.29, 1.82) is 0 Å². The number of rotatable bonds is 6. The van der Waals surface area contributed by atoms with Crippen LogP contribution in [0.5, 0.6) is 5.75 Å². The summed E-state index contributed by atoms with van der Waals surface area (Å²) in [6, 6.07) is 12.4. The maximum atomic E-state index is 12.0. The van der Waals surface area contributed by atoms with Gasteiger partial charge >= 0.3 is 12.0 Å². The van der Waals surface area contributed by atoms with Crippen LogP contribution in [-0.4, -0.2) is 32.3 Å². The molecule has 0 atom stereocenters. The average molecular weight is 368 g/mol. The molecule has 0 unspecified atom stereocenters. The zero-order chi connectivity index (χ0) is 19.1. The summed E-state index contributed by atoms with van der Waals surface area (Å²) in [6.45, 7) is 0.776. The summed E-state index contributed by atoms with van der Waals surface area (Å²) < 4.78 is 10.5. The standard InChI is InChI=1S/C21H24N2O4/c1-26-20(24)16-8-4-9-17(14-16)23-21(25)22-12-13-27-19-11-5-7-15-6-2-3-10-18(15)19/h4-5,7-9,11,14H,2-3,6,10,12-13H2,1H3,(H2,22,23,25). The Morgan fingerprint density at radius 1 is 1.07 bits per heavy atom. The van der Waals surface area contributed by atoms with Crippen molar-refractivity contribution in [3.63, 3.8) is 0 Å². The van der Waals surface area contributed by atoms with E-state index in [1.54, 1.807) is 24.3 Å². The molecule has 142 valence electrons. The molecule has 1 aliphatic rings. The highest BCUT2D eigenvalue weighted by atomic mass is 16.5. The van der Waals surface area contributed by atoms with Crippen LogP contribution in [0.1, 0.15) is 34.3 Å². The molecule has 6 heteroatoms. The first kappa shape index (κ1) is 18.8. The number of esters is 1. The number of benzene rings is 2. The molecule has 2 aromatic rings. The highest BCUT2D eigenvalue weighted by Gasteiger charge is 2.13. The molecule has 3 rings (SSSR count). The lowest BCUT2D eigenvalue weighted by Gasteiger charge is -2.19. The van der Waals surface area contributed by atoms with Crippen molar-refractivity contribution in [1.82, 2.24) is 5.32 Å². The van der Waals surface area contributed by atoms with Crippen LogP contribution in [0, 0.1) is 0 Å². The highest BCUT2D eigenvalue weighted by Crippen LogP contribution is 2.29. The quantitative estimate of drug-likeness (QED) is 0.604. The van der Waals surface area contributed by atoms with E-state index in [1.807, 2.05) is 12.1 Å². The van der Waals surface area contributed by atoms with E-state index in [0.717, 1.165) is 18.6 Å². The molecule has 0 fully saturated rings. The van der Waals surface area contributed by atoms with Gasteiger partial charge in [0.25, 0.3) is 0 Å². The van der Waals surface area contributed by atoms with Crippen LogP contribution in [-0.2, 0) is 17.6 Å². The Bertz CT molecular complexity index is 820. The molecule has 27 heavy (non-hydrogen) atoms. The number of aryl methyl sites for hydroxylation is 1. The first-order valence-electron chi connectivity index (χ1n) is 9.14. The van der Waals surface area contributed by atoms with E-state index in [0.29, 0.717) is 24.4 Å². The summed E-state index contributed by atoms with van der Waals surface area (Å²) in [4.78, 5) is 23.5. The fraction of sp³-hybridized carbons (Fsp3) is 0.333. The van der Waals surface area contributed by atoms with Crippen LogP contribution in [0.2, 0.25) is 0 Å². The van der Waals surface area contributed by atoms with Crippen molar-refractivity contribution in [3.05, 3.63) is 59.2 Å². The van der Waals surface area contributed by atoms with E-state index in [9.17, 15) is 9.59 Å². The Morgan fingerprint density at radius 2 is 1.89 bits per heavy atom. The van der Waals surface area contributed by atoms with Crippen molar-refractivity contribution in [2.45, 2.75) is 25.7 Å². The van der Waals surface area contributed by atoms with Gasteiger partial charge in [0.1, 0.15) is 12.4 Å². The maximum Gasteiger partial charge on any atom is 0.337 e. The normalized spacial score (nSPS) is 12.6. The minimum atomic E-state index is -0.446. The molecule has 2 aromatic carbocycles. The number of anilines is 1. The van der Waals surface area contributed by atoms with Gasteiger partial charge in [0.2, 0.25) is 0 Å². The lowest BCUT2D eigenvalue weighted by atomic mass is 9.91. The van der Waals surface area contributed by atoms with E-state index in [1.165, 1.54) is 31.1 Å². The van der Waals surface area contributed by atoms with Gasteiger partial charge in [-0.25, -0.2) is 9.59 Å². The summed E-state index contributed by atoms with van der Waals surface area (Å²) in [5.41, 5.74) is 3.57. The fourth-order valence-corrected chi connectivity index (χ4v) is 3.22. The third-order valence-electron chi connectivity index (χ3n) is 4.54. The Labute approximate surface area is 158 Å². The van der Waals surface area contributed by atoms with Crippen molar-refractivity contribution >= 4 is 17.7 Å². The Morgan fingerprint density at radius 3 is 2.74 bits per heavy atom. The lowest BCUT2D eigenvalue weighted by molar-refractivity contribution is 0.0600. The maximum absolute atomic E-state index is 12.0. The van der Waals surface area contributed by atoms with Crippen molar-refractivity contribution in [2.75, 3.05) is 25.6 Å². The molecule has 0 heterocycles. The summed E-state index contributed by atoms with van der Waals surface area (Å²) in [5, 5.41) is 5.45. The van der Waals surface area contributed by atoms with Gasteiger partial charge in [0, 0.05) is 5.69 Å². The van der Waals surface area contributed by atoms with Gasteiger partial charge in [-0.2, -0.15) is 0 Å². The Hall–Kier alpha value is -3.02. The predicted molar refractivity (Wildman–Crippen MR) is 103 cm³/mol. The third-order valence-corrected chi connectivity index (χ3v) is 4.54. The van der Waals surface area contributed by atoms with Crippen LogP contribution < -0.4 is 15.4 Å². The van der Waals surface area contributed by atoms with Crippen molar-refractivity contribution in [2.24, 2.45) is 0 Å². The number of nitrogens with one attached hydrogen (secondary N) is 2. The number of hydrogen-bond donors (Lipinski definition) is 2. The lowest BCUT2D eigenvalue weighted by Crippen LogP contribution is -2.32. The van der Waals surface area contributed by atoms with Gasteiger partial charge in [0.05, 0.1) is 19.2 Å². The SMILES string of the molecule is COC(=O)c1cccc(NC(=O)NCCOc2cccc3c2CCCC3)c1. The highest BCUT2D eigenvalue weighted by molar-refractivity contribution is 5.93. The fourth-order valence-electron chi connectivity index (χ4n) is 3.22. The minimum Gasteiger partial charge on any atom is -0.491 e. The molecule has 0 bridgehead atoms. The molecule has 0 saturated heterocycles. The third kappa shape index (κ3) is 5.00. The van der Waals surface area contributed by atoms with E-state index in [4.69, 9.17) is 4.74 Å². The smallest absolute Gasteiger partial charge is 0.337 e. The number of carbonyl (C=O) groups excluding carboxylic acids is 2. The molecule has 2 N–H and O–H groups in total.